The van der Waals surface area contributed by atoms with E-state index in [-0.39, 0.29) is 16.7 Å². The third-order valence-corrected chi connectivity index (χ3v) is 5.43. The maximum absolute atomic E-state index is 14.5. The van der Waals surface area contributed by atoms with Gasteiger partial charge in [0.2, 0.25) is 0 Å². The number of anilines is 1. The predicted octanol–water partition coefficient (Wildman–Crippen LogP) is 2.82. The van der Waals surface area contributed by atoms with Crippen LogP contribution < -0.4 is 4.90 Å². The number of hydrogen-bond donors (Lipinski definition) is 1. The molecule has 2 unspecified atom stereocenters. The lowest BCUT2D eigenvalue weighted by molar-refractivity contribution is 0.128. The average molecular weight is 355 g/mol. The van der Waals surface area contributed by atoms with E-state index in [1.54, 1.807) is 0 Å². The first-order valence-electron chi connectivity index (χ1n) is 7.64. The Morgan fingerprint density at radius 1 is 1.30 bits per heavy atom. The molecule has 0 aliphatic carbocycles. The molecule has 0 saturated carbocycles. The Bertz CT molecular complexity index is 790. The maximum Gasteiger partial charge on any atom is 0.189 e. The minimum atomic E-state index is -0.616. The van der Waals surface area contributed by atoms with Crippen LogP contribution in [-0.4, -0.2) is 45.0 Å². The van der Waals surface area contributed by atoms with Crippen molar-refractivity contribution in [3.63, 3.8) is 0 Å². The normalized spacial score (nSPS) is 23.7. The minimum absolute atomic E-state index is 0.0207. The van der Waals surface area contributed by atoms with Crippen LogP contribution in [-0.2, 0) is 6.42 Å². The Balaban J connectivity index is 2.06. The Kier molecular flexibility index (Phi) is 3.82. The molecular formula is C15H16ClFN4OS. The van der Waals surface area contributed by atoms with Crippen LogP contribution in [0.5, 0.6) is 0 Å². The molecule has 1 fully saturated rings. The molecule has 5 nitrogen and oxygen atoms in total. The molecule has 0 amide bonds. The molecule has 0 aromatic carbocycles. The number of fused-ring (bicyclic) bond motifs is 2. The second-order valence-electron chi connectivity index (χ2n) is 5.95. The average Bonchev–Trinajstić information content (AvgIpc) is 2.68. The van der Waals surface area contributed by atoms with Gasteiger partial charge in [0.25, 0.3) is 0 Å². The summed E-state index contributed by atoms with van der Waals surface area (Å²) in [5, 5.41) is 11.5. The number of nitrogens with zero attached hydrogens (tertiary/aromatic N) is 4. The van der Waals surface area contributed by atoms with Crippen molar-refractivity contribution < 1.29 is 9.50 Å². The van der Waals surface area contributed by atoms with Crippen molar-refractivity contribution in [1.29, 1.82) is 0 Å². The largest absolute Gasteiger partial charge is 0.391 e. The molecule has 4 heterocycles. The van der Waals surface area contributed by atoms with Crippen LogP contribution in [0, 0.1) is 5.82 Å². The predicted molar refractivity (Wildman–Crippen MR) is 88.8 cm³/mol. The van der Waals surface area contributed by atoms with Crippen molar-refractivity contribution >= 4 is 40.1 Å². The highest BCUT2D eigenvalue weighted by atomic mass is 35.5. The van der Waals surface area contributed by atoms with E-state index in [2.05, 4.69) is 19.9 Å². The molecule has 2 atom stereocenters. The molecule has 122 valence electrons. The van der Waals surface area contributed by atoms with Crippen LogP contribution in [0.2, 0.25) is 5.15 Å². The quantitative estimate of drug-likeness (QED) is 0.482. The molecule has 0 spiro atoms. The summed E-state index contributed by atoms with van der Waals surface area (Å²) in [5.41, 5.74) is 0.781. The lowest BCUT2D eigenvalue weighted by Gasteiger charge is -2.38. The summed E-state index contributed by atoms with van der Waals surface area (Å²) in [7, 11) is 0. The highest BCUT2D eigenvalue weighted by Crippen LogP contribution is 2.39. The Hall–Kier alpha value is -1.18. The molecule has 2 aromatic rings. The standard InChI is InChI=1S/C15H16ClFN4OS/c1-23-15-19-12-10-7(18-13(16)11(12)17)6-9(22)8-4-2-3-5-21(8)14(10)20-15/h8-9,22H,2-6H2,1H3. The minimum Gasteiger partial charge on any atom is -0.391 e. The summed E-state index contributed by atoms with van der Waals surface area (Å²) in [6.07, 6.45) is 4.62. The van der Waals surface area contributed by atoms with Crippen molar-refractivity contribution in [1.82, 2.24) is 15.0 Å². The van der Waals surface area contributed by atoms with Crippen molar-refractivity contribution in [2.24, 2.45) is 0 Å². The van der Waals surface area contributed by atoms with Crippen LogP contribution in [0.4, 0.5) is 10.2 Å². The van der Waals surface area contributed by atoms with Gasteiger partial charge in [-0.1, -0.05) is 23.4 Å². The highest BCUT2D eigenvalue weighted by molar-refractivity contribution is 7.98. The zero-order chi connectivity index (χ0) is 16.1. The first-order chi connectivity index (χ1) is 11.1. The monoisotopic (exact) mass is 354 g/mol. The summed E-state index contributed by atoms with van der Waals surface area (Å²) in [6, 6.07) is -0.0207. The maximum atomic E-state index is 14.5. The number of aliphatic hydroxyl groups is 1. The van der Waals surface area contributed by atoms with E-state index >= 15 is 0 Å². The summed E-state index contributed by atoms with van der Waals surface area (Å²) < 4.78 is 14.5. The van der Waals surface area contributed by atoms with E-state index in [9.17, 15) is 9.50 Å². The summed E-state index contributed by atoms with van der Waals surface area (Å²) in [6.45, 7) is 0.797. The fourth-order valence-electron chi connectivity index (χ4n) is 3.58. The van der Waals surface area contributed by atoms with Gasteiger partial charge in [0, 0.05) is 13.0 Å². The smallest absolute Gasteiger partial charge is 0.189 e. The first-order valence-corrected chi connectivity index (χ1v) is 9.24. The van der Waals surface area contributed by atoms with Gasteiger partial charge < -0.3 is 10.0 Å². The Morgan fingerprint density at radius 2 is 2.13 bits per heavy atom. The Morgan fingerprint density at radius 3 is 2.91 bits per heavy atom. The number of aromatic nitrogens is 3. The lowest BCUT2D eigenvalue weighted by Crippen LogP contribution is -2.47. The Labute approximate surface area is 142 Å². The molecule has 0 bridgehead atoms. The zero-order valence-electron chi connectivity index (χ0n) is 12.6. The molecule has 1 saturated heterocycles. The third kappa shape index (κ3) is 2.37. The number of rotatable bonds is 1. The van der Waals surface area contributed by atoms with Crippen molar-refractivity contribution in [2.75, 3.05) is 17.7 Å². The van der Waals surface area contributed by atoms with E-state index in [4.69, 9.17) is 11.6 Å². The van der Waals surface area contributed by atoms with Gasteiger partial charge in [-0.05, 0) is 25.5 Å². The van der Waals surface area contributed by atoms with Crippen LogP contribution in [0.25, 0.3) is 10.9 Å². The van der Waals surface area contributed by atoms with Gasteiger partial charge in [-0.3, -0.25) is 0 Å². The highest BCUT2D eigenvalue weighted by Gasteiger charge is 2.36. The number of hydrogen-bond acceptors (Lipinski definition) is 6. The van der Waals surface area contributed by atoms with Crippen LogP contribution >= 0.6 is 23.4 Å². The van der Waals surface area contributed by atoms with Crippen LogP contribution in [0.1, 0.15) is 25.0 Å². The van der Waals surface area contributed by atoms with Crippen molar-refractivity contribution in [3.8, 4) is 0 Å². The van der Waals surface area contributed by atoms with E-state index in [1.165, 1.54) is 11.8 Å². The molecule has 4 rings (SSSR count). The fourth-order valence-corrected chi connectivity index (χ4v) is 4.13. The number of piperidine rings is 1. The van der Waals surface area contributed by atoms with E-state index in [1.807, 2.05) is 6.26 Å². The second-order valence-corrected chi connectivity index (χ2v) is 7.08. The van der Waals surface area contributed by atoms with Gasteiger partial charge in [0.1, 0.15) is 11.3 Å². The summed E-state index contributed by atoms with van der Waals surface area (Å²) >= 11 is 7.31. The summed E-state index contributed by atoms with van der Waals surface area (Å²) in [4.78, 5) is 15.2. The van der Waals surface area contributed by atoms with E-state index < -0.39 is 11.9 Å². The zero-order valence-corrected chi connectivity index (χ0v) is 14.2. The van der Waals surface area contributed by atoms with Crippen LogP contribution in [0.3, 0.4) is 0 Å². The van der Waals surface area contributed by atoms with Gasteiger partial charge >= 0.3 is 0 Å². The topological polar surface area (TPSA) is 62.1 Å². The van der Waals surface area contributed by atoms with Gasteiger partial charge in [-0.2, -0.15) is 0 Å². The third-order valence-electron chi connectivity index (χ3n) is 4.63. The lowest BCUT2D eigenvalue weighted by atomic mass is 9.96. The molecule has 2 aromatic heterocycles. The van der Waals surface area contributed by atoms with E-state index in [0.717, 1.165) is 25.8 Å². The SMILES string of the molecule is CSc1nc2c3c(nc(Cl)c(F)c3n1)CC(O)C1CCCCN21. The molecular weight excluding hydrogens is 339 g/mol. The molecule has 2 aliphatic rings. The molecule has 0 radical (unpaired) electrons. The number of aliphatic hydroxyl groups excluding tert-OH is 1. The first kappa shape index (κ1) is 15.4. The number of halogens is 2. The molecule has 8 heteroatoms. The second kappa shape index (κ2) is 5.72. The number of pyridine rings is 1. The molecule has 2 aliphatic heterocycles. The van der Waals surface area contributed by atoms with Gasteiger partial charge in [0.15, 0.2) is 16.1 Å². The fraction of sp³-hybridized carbons (Fsp3) is 0.533. The van der Waals surface area contributed by atoms with Gasteiger partial charge in [0.05, 0.1) is 23.2 Å². The van der Waals surface area contributed by atoms with Crippen molar-refractivity contribution in [3.05, 3.63) is 16.7 Å². The van der Waals surface area contributed by atoms with Gasteiger partial charge in [-0.25, -0.2) is 19.3 Å². The molecule has 1 N–H and O–H groups in total. The number of thioether (sulfide) groups is 1. The summed E-state index contributed by atoms with van der Waals surface area (Å²) in [5.74, 6) is 0.0629. The van der Waals surface area contributed by atoms with E-state index in [0.29, 0.717) is 28.5 Å². The van der Waals surface area contributed by atoms with Crippen LogP contribution in [0.15, 0.2) is 5.16 Å². The van der Waals surface area contributed by atoms with Gasteiger partial charge in [-0.15, -0.1) is 0 Å². The van der Waals surface area contributed by atoms with Crippen molar-refractivity contribution in [2.45, 2.75) is 43.0 Å². The molecule has 23 heavy (non-hydrogen) atoms.